The fourth-order valence-electron chi connectivity index (χ4n) is 2.71. The molecule has 3 heterocycles. The quantitative estimate of drug-likeness (QED) is 0.902. The third-order valence-electron chi connectivity index (χ3n) is 3.61. The Morgan fingerprint density at radius 2 is 2.05 bits per heavy atom. The van der Waals surface area contributed by atoms with E-state index in [1.165, 1.54) is 6.33 Å². The van der Waals surface area contributed by atoms with Gasteiger partial charge in [0.2, 0.25) is 11.9 Å². The van der Waals surface area contributed by atoms with Gasteiger partial charge in [0, 0.05) is 19.1 Å². The number of hydrogen-bond acceptors (Lipinski definition) is 7. The van der Waals surface area contributed by atoms with Gasteiger partial charge in [-0.15, -0.1) is 0 Å². The number of hydrogen-bond donors (Lipinski definition) is 1. The van der Waals surface area contributed by atoms with Crippen LogP contribution in [0.5, 0.6) is 0 Å². The molecule has 0 radical (unpaired) electrons. The number of rotatable bonds is 4. The highest BCUT2D eigenvalue weighted by atomic mass is 15.4. The van der Waals surface area contributed by atoms with Crippen molar-refractivity contribution in [2.45, 2.75) is 33.2 Å². The lowest BCUT2D eigenvalue weighted by atomic mass is 10.1. The van der Waals surface area contributed by atoms with E-state index >= 15 is 0 Å². The Labute approximate surface area is 123 Å². The van der Waals surface area contributed by atoms with E-state index in [9.17, 15) is 0 Å². The Morgan fingerprint density at radius 3 is 2.67 bits per heavy atom. The lowest BCUT2D eigenvalue weighted by Crippen LogP contribution is -2.29. The maximum Gasteiger partial charge on any atom is 0.258 e. The van der Waals surface area contributed by atoms with Crippen LogP contribution in [-0.2, 0) is 0 Å². The Hall–Kier alpha value is -2.25. The Balaban J connectivity index is 1.99. The summed E-state index contributed by atoms with van der Waals surface area (Å²) in [5, 5.41) is 7.25. The number of aromatic nitrogens is 6. The van der Waals surface area contributed by atoms with Crippen molar-refractivity contribution in [3.8, 4) is 5.95 Å². The predicted octanol–water partition coefficient (Wildman–Crippen LogP) is 1.12. The monoisotopic (exact) mass is 288 g/mol. The molecular formula is C13H20N8. The standard InChI is InChI=1S/C13H20N8/c1-4-15-11-17-12(20-6-9(2)5-10(20)3)19-13(18-11)21-8-14-7-16-21/h7-10H,4-6H2,1-3H3,(H,15,17,18,19). The van der Waals surface area contributed by atoms with Crippen LogP contribution in [-0.4, -0.2) is 48.8 Å². The molecular weight excluding hydrogens is 268 g/mol. The maximum absolute atomic E-state index is 4.55. The van der Waals surface area contributed by atoms with Gasteiger partial charge in [0.1, 0.15) is 12.7 Å². The zero-order chi connectivity index (χ0) is 14.8. The Bertz CT molecular complexity index is 596. The third-order valence-corrected chi connectivity index (χ3v) is 3.61. The number of anilines is 2. The highest BCUT2D eigenvalue weighted by Gasteiger charge is 2.29. The van der Waals surface area contributed by atoms with Gasteiger partial charge in [0.15, 0.2) is 0 Å². The zero-order valence-electron chi connectivity index (χ0n) is 12.6. The zero-order valence-corrected chi connectivity index (χ0v) is 12.6. The summed E-state index contributed by atoms with van der Waals surface area (Å²) in [6, 6.07) is 0.431. The van der Waals surface area contributed by atoms with Crippen molar-refractivity contribution < 1.29 is 0 Å². The van der Waals surface area contributed by atoms with Gasteiger partial charge in [-0.25, -0.2) is 4.98 Å². The molecule has 1 N–H and O–H groups in total. The molecule has 1 aliphatic rings. The Morgan fingerprint density at radius 1 is 1.24 bits per heavy atom. The van der Waals surface area contributed by atoms with Gasteiger partial charge in [-0.3, -0.25) is 0 Å². The molecule has 3 rings (SSSR count). The van der Waals surface area contributed by atoms with Crippen LogP contribution >= 0.6 is 0 Å². The molecule has 1 fully saturated rings. The highest BCUT2D eigenvalue weighted by molar-refractivity contribution is 5.41. The summed E-state index contributed by atoms with van der Waals surface area (Å²) < 4.78 is 1.55. The van der Waals surface area contributed by atoms with E-state index in [1.54, 1.807) is 11.0 Å². The van der Waals surface area contributed by atoms with Crippen LogP contribution in [0.1, 0.15) is 27.2 Å². The van der Waals surface area contributed by atoms with Crippen molar-refractivity contribution in [1.82, 2.24) is 29.7 Å². The second-order valence-corrected chi connectivity index (χ2v) is 5.47. The van der Waals surface area contributed by atoms with Crippen molar-refractivity contribution in [2.24, 2.45) is 5.92 Å². The maximum atomic E-state index is 4.55. The first-order chi connectivity index (χ1) is 10.2. The van der Waals surface area contributed by atoms with E-state index in [1.807, 2.05) is 6.92 Å². The van der Waals surface area contributed by atoms with E-state index in [-0.39, 0.29) is 0 Å². The fourth-order valence-corrected chi connectivity index (χ4v) is 2.71. The smallest absolute Gasteiger partial charge is 0.258 e. The van der Waals surface area contributed by atoms with Crippen molar-refractivity contribution in [3.05, 3.63) is 12.7 Å². The molecule has 21 heavy (non-hydrogen) atoms. The topological polar surface area (TPSA) is 84.7 Å². The average Bonchev–Trinajstić information content (AvgIpc) is 3.08. The molecule has 1 aliphatic heterocycles. The van der Waals surface area contributed by atoms with Crippen LogP contribution < -0.4 is 10.2 Å². The van der Waals surface area contributed by atoms with Gasteiger partial charge >= 0.3 is 0 Å². The van der Waals surface area contributed by atoms with Crippen LogP contribution in [0.2, 0.25) is 0 Å². The second kappa shape index (κ2) is 5.63. The van der Waals surface area contributed by atoms with Crippen molar-refractivity contribution in [3.63, 3.8) is 0 Å². The van der Waals surface area contributed by atoms with E-state index in [0.29, 0.717) is 29.8 Å². The molecule has 0 spiro atoms. The van der Waals surface area contributed by atoms with Gasteiger partial charge in [0.05, 0.1) is 0 Å². The van der Waals surface area contributed by atoms with Gasteiger partial charge in [-0.2, -0.15) is 24.7 Å². The van der Waals surface area contributed by atoms with E-state index < -0.39 is 0 Å². The molecule has 0 aromatic carbocycles. The summed E-state index contributed by atoms with van der Waals surface area (Å²) in [4.78, 5) is 19.6. The fraction of sp³-hybridized carbons (Fsp3) is 0.615. The SMILES string of the molecule is CCNc1nc(N2CC(C)CC2C)nc(-n2cncn2)n1. The minimum absolute atomic E-state index is 0.431. The molecule has 2 atom stereocenters. The molecule has 2 aromatic heterocycles. The summed E-state index contributed by atoms with van der Waals surface area (Å²) in [6.07, 6.45) is 4.21. The first-order valence-corrected chi connectivity index (χ1v) is 7.29. The van der Waals surface area contributed by atoms with E-state index in [0.717, 1.165) is 19.5 Å². The normalized spacial score (nSPS) is 21.8. The molecule has 0 saturated carbocycles. The summed E-state index contributed by atoms with van der Waals surface area (Å²) in [7, 11) is 0. The molecule has 0 aliphatic carbocycles. The van der Waals surface area contributed by atoms with E-state index in [2.05, 4.69) is 49.1 Å². The molecule has 0 amide bonds. The van der Waals surface area contributed by atoms with E-state index in [4.69, 9.17) is 0 Å². The largest absolute Gasteiger partial charge is 0.354 e. The lowest BCUT2D eigenvalue weighted by molar-refractivity contribution is 0.624. The number of nitrogens with one attached hydrogen (secondary N) is 1. The molecule has 112 valence electrons. The average molecular weight is 288 g/mol. The van der Waals surface area contributed by atoms with Crippen molar-refractivity contribution in [1.29, 1.82) is 0 Å². The van der Waals surface area contributed by atoms with Gasteiger partial charge in [-0.1, -0.05) is 6.92 Å². The minimum atomic E-state index is 0.431. The number of nitrogens with zero attached hydrogens (tertiary/aromatic N) is 7. The Kier molecular flexibility index (Phi) is 3.68. The van der Waals surface area contributed by atoms with Crippen LogP contribution in [0.3, 0.4) is 0 Å². The molecule has 2 unspecified atom stereocenters. The molecule has 0 bridgehead atoms. The first kappa shape index (κ1) is 13.7. The lowest BCUT2D eigenvalue weighted by Gasteiger charge is -2.22. The summed E-state index contributed by atoms with van der Waals surface area (Å²) in [5.41, 5.74) is 0. The van der Waals surface area contributed by atoms with Crippen LogP contribution in [0.15, 0.2) is 12.7 Å². The summed E-state index contributed by atoms with van der Waals surface area (Å²) in [5.74, 6) is 2.40. The third kappa shape index (κ3) is 2.79. The highest BCUT2D eigenvalue weighted by Crippen LogP contribution is 2.26. The predicted molar refractivity (Wildman–Crippen MR) is 79.5 cm³/mol. The summed E-state index contributed by atoms with van der Waals surface area (Å²) >= 11 is 0. The van der Waals surface area contributed by atoms with Gasteiger partial charge in [-0.05, 0) is 26.2 Å². The molecule has 1 saturated heterocycles. The molecule has 8 nitrogen and oxygen atoms in total. The first-order valence-electron chi connectivity index (χ1n) is 7.29. The van der Waals surface area contributed by atoms with Crippen LogP contribution in [0.25, 0.3) is 5.95 Å². The summed E-state index contributed by atoms with van der Waals surface area (Å²) in [6.45, 7) is 8.19. The van der Waals surface area contributed by atoms with Crippen LogP contribution in [0, 0.1) is 5.92 Å². The van der Waals surface area contributed by atoms with Gasteiger partial charge in [0.25, 0.3) is 5.95 Å². The second-order valence-electron chi connectivity index (χ2n) is 5.47. The molecule has 8 heteroatoms. The van der Waals surface area contributed by atoms with Crippen molar-refractivity contribution in [2.75, 3.05) is 23.3 Å². The van der Waals surface area contributed by atoms with Crippen molar-refractivity contribution >= 4 is 11.9 Å². The van der Waals surface area contributed by atoms with Crippen LogP contribution in [0.4, 0.5) is 11.9 Å². The molecule has 2 aromatic rings. The minimum Gasteiger partial charge on any atom is -0.354 e. The van der Waals surface area contributed by atoms with Gasteiger partial charge < -0.3 is 10.2 Å².